The van der Waals surface area contributed by atoms with Crippen molar-refractivity contribution >= 4 is 24.0 Å². The van der Waals surface area contributed by atoms with Crippen LogP contribution in [0.2, 0.25) is 5.02 Å². The van der Waals surface area contributed by atoms with Crippen LogP contribution in [0.4, 0.5) is 0 Å². The van der Waals surface area contributed by atoms with E-state index in [9.17, 15) is 10.0 Å². The van der Waals surface area contributed by atoms with Gasteiger partial charge in [-0.05, 0) is 106 Å². The zero-order chi connectivity index (χ0) is 44.9. The first-order valence-electron chi connectivity index (χ1n) is 20.7. The van der Waals surface area contributed by atoms with E-state index in [4.69, 9.17) is 60.6 Å². The minimum atomic E-state index is -0.813. The molecule has 4 bridgehead atoms. The second-order valence-electron chi connectivity index (χ2n) is 15.5. The molecule has 0 amide bonds. The van der Waals surface area contributed by atoms with Gasteiger partial charge in [0.25, 0.3) is 6.47 Å². The third kappa shape index (κ3) is 19.3. The summed E-state index contributed by atoms with van der Waals surface area (Å²) >= 11 is 5.56. The van der Waals surface area contributed by atoms with Gasteiger partial charge >= 0.3 is 109 Å². The van der Waals surface area contributed by atoms with E-state index < -0.39 is 5.97 Å². The van der Waals surface area contributed by atoms with Gasteiger partial charge in [-0.25, -0.2) is 4.79 Å². The fraction of sp³-hybridized carbons (Fsp3) is 0.533. The van der Waals surface area contributed by atoms with Crippen LogP contribution in [0.25, 0.3) is 0 Å². The summed E-state index contributed by atoms with van der Waals surface area (Å²) in [5, 5.41) is 37.4. The number of rotatable bonds is 14. The van der Waals surface area contributed by atoms with Gasteiger partial charge in [-0.15, -0.1) is 0 Å². The number of halogens is 1. The molecular weight excluding hydrogens is 904 g/mol. The number of nitriles is 1. The molecule has 7 rings (SSSR count). The molecule has 4 saturated heterocycles. The maximum Gasteiger partial charge on any atom is 1.00 e. The summed E-state index contributed by atoms with van der Waals surface area (Å²) in [5.74, 6) is 2.22. The van der Waals surface area contributed by atoms with E-state index in [0.717, 1.165) is 79.2 Å². The Balaban J connectivity index is 0.000000483. The van der Waals surface area contributed by atoms with Gasteiger partial charge in [0.15, 0.2) is 36.6 Å². The topological polar surface area (TPSA) is 202 Å². The van der Waals surface area contributed by atoms with Gasteiger partial charge in [-0.1, -0.05) is 42.6 Å². The minimum absolute atomic E-state index is 0. The van der Waals surface area contributed by atoms with Crippen molar-refractivity contribution in [3.63, 3.8) is 0 Å². The number of ether oxygens (including phenoxy) is 6. The maximum atomic E-state index is 10.6. The maximum absolute atomic E-state index is 10.6. The largest absolute Gasteiger partial charge is 1.00 e. The molecule has 3 aromatic carbocycles. The molecule has 64 heavy (non-hydrogen) atoms. The second-order valence-corrected chi connectivity index (χ2v) is 15.9. The molecule has 342 valence electrons. The van der Waals surface area contributed by atoms with E-state index >= 15 is 0 Å². The minimum Gasteiger partial charge on any atom is -1.00 e. The molecule has 4 heterocycles. The molecule has 4 fully saturated rings. The van der Waals surface area contributed by atoms with Crippen molar-refractivity contribution in [1.82, 2.24) is 9.96 Å². The van der Waals surface area contributed by atoms with Crippen molar-refractivity contribution in [3.05, 3.63) is 82.4 Å². The molecule has 19 heteroatoms. The fourth-order valence-corrected chi connectivity index (χ4v) is 8.59. The quantitative estimate of drug-likeness (QED) is 0.0770. The molecule has 0 radical (unpaired) electrons. The van der Waals surface area contributed by atoms with Crippen molar-refractivity contribution in [2.24, 2.45) is 0 Å². The van der Waals surface area contributed by atoms with Crippen LogP contribution in [0.5, 0.6) is 23.0 Å². The van der Waals surface area contributed by atoms with Gasteiger partial charge in [0.05, 0.1) is 11.6 Å². The van der Waals surface area contributed by atoms with Crippen LogP contribution in [0, 0.1) is 25.2 Å². The van der Waals surface area contributed by atoms with E-state index in [-0.39, 0.29) is 154 Å². The Morgan fingerprint density at radius 1 is 0.812 bits per heavy atom. The number of hydroxylamine groups is 2. The smallest absolute Gasteiger partial charge is 1.00 e. The first kappa shape index (κ1) is 58.7. The number of fused-ring (bicyclic) bond motifs is 4. The van der Waals surface area contributed by atoms with Gasteiger partial charge in [0.2, 0.25) is 0 Å². The van der Waals surface area contributed by atoms with Crippen LogP contribution in [0.15, 0.2) is 60.7 Å². The molecular formula is C45H60ClK2N3O13. The molecule has 0 aromatic heterocycles. The van der Waals surface area contributed by atoms with Crippen LogP contribution in [-0.4, -0.2) is 104 Å². The standard InChI is InChI=1S/C20H28N2O3.C17H25NO4.C7H5ClO3.CH2O3.2K.H/c1-15-7-8-19(20(11-15)24-14-23-2)25-18-12-16-5-3-6-17(13-18)22(16)10-4-9-21;1-12-6-7-16(17(8-12)21-11-20-2)22-15-9-13-4-3-5-14(10-15)18(13)19;8-6-3-1-2-5(4-6)7(9)11-10;2-1-4-3;;;/h7-8,11,16-18H,3-6,10,12-14H2,1-2H3;6-8,13-15,19H,3-5,9-11H2,1-2H3;1-4,10H;1,3H;;;/q;;;;2*+1;-1/p-1/t16-,17+,18?;13-,14+,15?;;;;;. The molecule has 6 atom stereocenters. The van der Waals surface area contributed by atoms with E-state index in [1.807, 2.05) is 44.2 Å². The van der Waals surface area contributed by atoms with Crippen molar-refractivity contribution < 1.29 is 168 Å². The molecule has 0 aliphatic carbocycles. The van der Waals surface area contributed by atoms with Crippen molar-refractivity contribution in [1.29, 1.82) is 5.26 Å². The number of aryl methyl sites for hydroxylation is 2. The van der Waals surface area contributed by atoms with Crippen LogP contribution in [-0.2, 0) is 24.0 Å². The number of piperidine rings is 4. The number of carbonyl (C=O) groups is 2. The molecule has 4 aliphatic heterocycles. The van der Waals surface area contributed by atoms with Crippen molar-refractivity contribution in [3.8, 4) is 29.1 Å². The van der Waals surface area contributed by atoms with Gasteiger partial charge < -0.3 is 45.2 Å². The summed E-state index contributed by atoms with van der Waals surface area (Å²) in [6, 6.07) is 21.9. The first-order valence-corrected chi connectivity index (χ1v) is 21.1. The Bertz CT molecular complexity index is 1860. The number of carbonyl (C=O) groups excluding carboxylic acids is 2. The summed E-state index contributed by atoms with van der Waals surface area (Å²) in [7, 11) is 3.23. The van der Waals surface area contributed by atoms with Gasteiger partial charge in [-0.3, -0.25) is 14.6 Å². The molecule has 16 nitrogen and oxygen atoms in total. The SMILES string of the molecule is COCOc1cc(C)ccc1OC1C[C@H]2CCC[C@@H](C1)N2CCC#N.COCOc1cc(C)ccc1OC1C[C@H]2CCC[C@@H](C1)N2O.O=C(OO)c1cccc(Cl)c1.O=CO[O-].[H-].[K+].[K+]. The zero-order valence-corrected chi connectivity index (χ0v) is 44.8. The van der Waals surface area contributed by atoms with Crippen molar-refractivity contribution in [2.45, 2.75) is 121 Å². The number of nitrogens with zero attached hydrogens (tertiary/aromatic N) is 3. The summed E-state index contributed by atoms with van der Waals surface area (Å²) < 4.78 is 33.9. The fourth-order valence-electron chi connectivity index (χ4n) is 8.39. The molecule has 2 N–H and O–H groups in total. The second kappa shape index (κ2) is 32.3. The van der Waals surface area contributed by atoms with Crippen LogP contribution >= 0.6 is 11.6 Å². The van der Waals surface area contributed by atoms with E-state index in [1.54, 1.807) is 31.4 Å². The van der Waals surface area contributed by atoms with E-state index in [2.05, 4.69) is 26.8 Å². The van der Waals surface area contributed by atoms with E-state index in [1.165, 1.54) is 37.8 Å². The number of hydrogen-bond donors (Lipinski definition) is 2. The van der Waals surface area contributed by atoms with E-state index in [0.29, 0.717) is 23.5 Å². The van der Waals surface area contributed by atoms with Crippen LogP contribution in [0.1, 0.15) is 93.5 Å². The Morgan fingerprint density at radius 2 is 1.28 bits per heavy atom. The van der Waals surface area contributed by atoms with Gasteiger partial charge in [0.1, 0.15) is 12.2 Å². The molecule has 0 spiro atoms. The molecule has 0 saturated carbocycles. The Kier molecular flexibility index (Phi) is 29.7. The Labute approximate surface area is 467 Å². The Hall–Kier alpha value is -1.43. The van der Waals surface area contributed by atoms with Gasteiger partial charge in [0, 0.05) is 69.2 Å². The number of hydrogen-bond acceptors (Lipinski definition) is 16. The Morgan fingerprint density at radius 3 is 1.70 bits per heavy atom. The predicted molar refractivity (Wildman–Crippen MR) is 226 cm³/mol. The summed E-state index contributed by atoms with van der Waals surface area (Å²) in [5.41, 5.74) is 2.49. The zero-order valence-electron chi connectivity index (χ0n) is 38.8. The third-order valence-corrected chi connectivity index (χ3v) is 11.3. The normalized spacial score (nSPS) is 21.9. The predicted octanol–water partition coefficient (Wildman–Crippen LogP) is 1.31. The molecule has 4 aliphatic rings. The monoisotopic (exact) mass is 963 g/mol. The molecule has 2 unspecified atom stereocenters. The van der Waals surface area contributed by atoms with Crippen LogP contribution in [0.3, 0.4) is 0 Å². The molecule has 3 aromatic rings. The average Bonchev–Trinajstić information content (AvgIpc) is 3.26. The number of benzene rings is 3. The number of methoxy groups -OCH3 is 2. The third-order valence-electron chi connectivity index (χ3n) is 11.1. The average molecular weight is 965 g/mol. The first-order chi connectivity index (χ1) is 30.0. The van der Waals surface area contributed by atoms with Crippen LogP contribution < -0.4 is 127 Å². The van der Waals surface area contributed by atoms with Gasteiger partial charge in [-0.2, -0.15) is 15.6 Å². The summed E-state index contributed by atoms with van der Waals surface area (Å²) in [6.45, 7) is 5.21. The van der Waals surface area contributed by atoms with Crippen molar-refractivity contribution in [2.75, 3.05) is 34.4 Å². The summed E-state index contributed by atoms with van der Waals surface area (Å²) in [4.78, 5) is 27.9. The summed E-state index contributed by atoms with van der Waals surface area (Å²) in [6.07, 6.45) is 11.8.